The van der Waals surface area contributed by atoms with E-state index >= 15 is 0 Å². The fourth-order valence-electron chi connectivity index (χ4n) is 3.58. The monoisotopic (exact) mass is 412 g/mol. The number of thiophene rings is 1. The van der Waals surface area contributed by atoms with Gasteiger partial charge in [0.05, 0.1) is 11.1 Å². The Morgan fingerprint density at radius 3 is 2.79 bits per heavy atom. The first kappa shape index (κ1) is 19.2. The van der Waals surface area contributed by atoms with Crippen molar-refractivity contribution < 1.29 is 4.79 Å². The third-order valence-corrected chi connectivity index (χ3v) is 7.31. The molecule has 0 unspecified atom stereocenters. The number of rotatable bonds is 6. The number of likely N-dealkylation sites (tertiary alicyclic amines) is 1. The van der Waals surface area contributed by atoms with Crippen LogP contribution in [0.4, 0.5) is 0 Å². The molecule has 5 nitrogen and oxygen atoms in total. The van der Waals surface area contributed by atoms with E-state index < -0.39 is 0 Å². The fraction of sp³-hybridized carbons (Fsp3) is 0.381. The molecule has 0 bridgehead atoms. The number of hydrogen-bond donors (Lipinski definition) is 0. The molecule has 0 atom stereocenters. The van der Waals surface area contributed by atoms with Gasteiger partial charge in [-0.2, -0.15) is 0 Å². The Hall–Kier alpha value is -2.09. The highest BCUT2D eigenvalue weighted by Gasteiger charge is 2.27. The van der Waals surface area contributed by atoms with Crippen LogP contribution >= 0.6 is 22.7 Å². The van der Waals surface area contributed by atoms with E-state index in [0.29, 0.717) is 6.04 Å². The van der Waals surface area contributed by atoms with Crippen LogP contribution in [0.3, 0.4) is 0 Å². The molecule has 3 aromatic heterocycles. The minimum absolute atomic E-state index is 0.0900. The van der Waals surface area contributed by atoms with Crippen molar-refractivity contribution in [1.82, 2.24) is 19.8 Å². The van der Waals surface area contributed by atoms with E-state index in [1.165, 1.54) is 11.3 Å². The van der Waals surface area contributed by atoms with Crippen LogP contribution in [-0.2, 0) is 6.42 Å². The predicted octanol–water partition coefficient (Wildman–Crippen LogP) is 4.05. The van der Waals surface area contributed by atoms with E-state index in [9.17, 15) is 4.79 Å². The molecule has 4 rings (SSSR count). The zero-order valence-corrected chi connectivity index (χ0v) is 17.6. The van der Waals surface area contributed by atoms with Crippen LogP contribution in [0.2, 0.25) is 0 Å². The van der Waals surface area contributed by atoms with Crippen molar-refractivity contribution in [2.45, 2.75) is 25.3 Å². The zero-order valence-electron chi connectivity index (χ0n) is 16.0. The third-order valence-electron chi connectivity index (χ3n) is 5.28. The summed E-state index contributed by atoms with van der Waals surface area (Å²) >= 11 is 3.14. The van der Waals surface area contributed by atoms with E-state index in [1.807, 2.05) is 47.8 Å². The molecule has 7 heteroatoms. The summed E-state index contributed by atoms with van der Waals surface area (Å²) in [5.74, 6) is 0.0900. The SMILES string of the molecule is CN(C(=O)c1cnc(-c2cccs2)s1)C1CCN(CCc2ccccn2)CC1. The summed E-state index contributed by atoms with van der Waals surface area (Å²) < 4.78 is 0. The van der Waals surface area contributed by atoms with Crippen LogP contribution in [0.1, 0.15) is 28.2 Å². The van der Waals surface area contributed by atoms with Gasteiger partial charge >= 0.3 is 0 Å². The number of amides is 1. The smallest absolute Gasteiger partial charge is 0.265 e. The molecular formula is C21H24N4OS2. The lowest BCUT2D eigenvalue weighted by atomic mass is 10.0. The zero-order chi connectivity index (χ0) is 19.3. The van der Waals surface area contributed by atoms with Crippen molar-refractivity contribution in [3.8, 4) is 9.88 Å². The van der Waals surface area contributed by atoms with Gasteiger partial charge in [0.1, 0.15) is 9.88 Å². The van der Waals surface area contributed by atoms with Gasteiger partial charge in [-0.3, -0.25) is 9.78 Å². The van der Waals surface area contributed by atoms with Crippen LogP contribution in [0, 0.1) is 0 Å². The number of hydrogen-bond acceptors (Lipinski definition) is 6. The summed E-state index contributed by atoms with van der Waals surface area (Å²) in [5, 5.41) is 2.96. The van der Waals surface area contributed by atoms with E-state index in [-0.39, 0.29) is 5.91 Å². The van der Waals surface area contributed by atoms with Crippen molar-refractivity contribution in [3.05, 3.63) is 58.7 Å². The highest BCUT2D eigenvalue weighted by Crippen LogP contribution is 2.30. The lowest BCUT2D eigenvalue weighted by molar-refractivity contribution is 0.0648. The maximum atomic E-state index is 12.9. The summed E-state index contributed by atoms with van der Waals surface area (Å²) in [6.07, 6.45) is 6.58. The van der Waals surface area contributed by atoms with Crippen molar-refractivity contribution in [1.29, 1.82) is 0 Å². The number of carbonyl (C=O) groups excluding carboxylic acids is 1. The Bertz CT molecular complexity index is 886. The minimum atomic E-state index is 0.0900. The molecule has 1 fully saturated rings. The van der Waals surface area contributed by atoms with E-state index in [1.54, 1.807) is 17.5 Å². The molecule has 1 aliphatic heterocycles. The second-order valence-corrected chi connectivity index (χ2v) is 9.05. The summed E-state index contributed by atoms with van der Waals surface area (Å²) in [4.78, 5) is 28.0. The first-order valence-corrected chi connectivity index (χ1v) is 11.3. The highest BCUT2D eigenvalue weighted by molar-refractivity contribution is 7.21. The van der Waals surface area contributed by atoms with Crippen LogP contribution in [0.5, 0.6) is 0 Å². The quantitative estimate of drug-likeness (QED) is 0.613. The maximum absolute atomic E-state index is 12.9. The summed E-state index contributed by atoms with van der Waals surface area (Å²) in [7, 11) is 1.93. The molecule has 146 valence electrons. The number of pyridine rings is 1. The lowest BCUT2D eigenvalue weighted by Gasteiger charge is -2.36. The van der Waals surface area contributed by atoms with Gasteiger partial charge in [-0.25, -0.2) is 4.98 Å². The van der Waals surface area contributed by atoms with Gasteiger partial charge in [0, 0.05) is 51.0 Å². The second kappa shape index (κ2) is 8.94. The topological polar surface area (TPSA) is 49.3 Å². The van der Waals surface area contributed by atoms with Gasteiger partial charge in [0.15, 0.2) is 0 Å². The largest absolute Gasteiger partial charge is 0.338 e. The normalized spacial score (nSPS) is 15.6. The standard InChI is InChI=1S/C21H24N4OS2/c1-24(21(26)19-15-23-20(28-19)18-6-4-14-27-18)17-8-12-25(13-9-17)11-7-16-5-2-3-10-22-16/h2-6,10,14-15,17H,7-9,11-13H2,1H3. The molecule has 1 amide bonds. The van der Waals surface area contributed by atoms with Gasteiger partial charge < -0.3 is 9.80 Å². The van der Waals surface area contributed by atoms with Gasteiger partial charge in [-0.15, -0.1) is 22.7 Å². The lowest BCUT2D eigenvalue weighted by Crippen LogP contribution is -2.45. The van der Waals surface area contributed by atoms with Crippen LogP contribution in [0.15, 0.2) is 48.1 Å². The van der Waals surface area contributed by atoms with Crippen LogP contribution < -0.4 is 0 Å². The Kier molecular flexibility index (Phi) is 6.14. The van der Waals surface area contributed by atoms with Crippen LogP contribution in [-0.4, -0.2) is 58.4 Å². The molecule has 0 N–H and O–H groups in total. The Morgan fingerprint density at radius 2 is 2.07 bits per heavy atom. The molecule has 0 spiro atoms. The molecule has 1 saturated heterocycles. The molecule has 1 aliphatic rings. The summed E-state index contributed by atoms with van der Waals surface area (Å²) in [6.45, 7) is 3.08. The van der Waals surface area contributed by atoms with Gasteiger partial charge in [-0.1, -0.05) is 12.1 Å². The van der Waals surface area contributed by atoms with Gasteiger partial charge in [0.25, 0.3) is 5.91 Å². The first-order chi connectivity index (χ1) is 13.7. The minimum Gasteiger partial charge on any atom is -0.338 e. The predicted molar refractivity (Wildman–Crippen MR) is 115 cm³/mol. The van der Waals surface area contributed by atoms with Crippen molar-refractivity contribution in [2.75, 3.05) is 26.7 Å². The second-order valence-electron chi connectivity index (χ2n) is 7.07. The Morgan fingerprint density at radius 1 is 1.21 bits per heavy atom. The fourth-order valence-corrected chi connectivity index (χ4v) is 5.28. The maximum Gasteiger partial charge on any atom is 0.265 e. The molecule has 4 heterocycles. The third kappa shape index (κ3) is 4.48. The number of nitrogens with zero attached hydrogens (tertiary/aromatic N) is 4. The van der Waals surface area contributed by atoms with Gasteiger partial charge in [0.2, 0.25) is 0 Å². The molecular weight excluding hydrogens is 388 g/mol. The van der Waals surface area contributed by atoms with Gasteiger partial charge in [-0.05, 0) is 36.4 Å². The van der Waals surface area contributed by atoms with Crippen molar-refractivity contribution in [2.24, 2.45) is 0 Å². The molecule has 3 aromatic rings. The van der Waals surface area contributed by atoms with E-state index in [2.05, 4.69) is 20.9 Å². The molecule has 0 aliphatic carbocycles. The Labute approximate surface area is 173 Å². The number of aromatic nitrogens is 2. The molecule has 28 heavy (non-hydrogen) atoms. The van der Waals surface area contributed by atoms with Crippen molar-refractivity contribution in [3.63, 3.8) is 0 Å². The number of thiazole rings is 1. The first-order valence-electron chi connectivity index (χ1n) is 9.60. The number of piperidine rings is 1. The summed E-state index contributed by atoms with van der Waals surface area (Å²) in [5.41, 5.74) is 1.14. The molecule has 0 radical (unpaired) electrons. The van der Waals surface area contributed by atoms with Crippen LogP contribution in [0.25, 0.3) is 9.88 Å². The number of carbonyl (C=O) groups is 1. The molecule has 0 saturated carbocycles. The summed E-state index contributed by atoms with van der Waals surface area (Å²) in [6, 6.07) is 10.4. The molecule has 0 aromatic carbocycles. The van der Waals surface area contributed by atoms with E-state index in [4.69, 9.17) is 0 Å². The van der Waals surface area contributed by atoms with Crippen molar-refractivity contribution >= 4 is 28.6 Å². The average Bonchev–Trinajstić information content (AvgIpc) is 3.44. The Balaban J connectivity index is 1.29. The highest BCUT2D eigenvalue weighted by atomic mass is 32.1. The van der Waals surface area contributed by atoms with E-state index in [0.717, 1.165) is 59.4 Å². The average molecular weight is 413 g/mol.